The number of carbonyl (C=O) groups is 4. The maximum atomic E-state index is 12.6. The molecule has 2 aliphatic rings. The summed E-state index contributed by atoms with van der Waals surface area (Å²) in [6, 6.07) is 3.70. The molecule has 1 saturated heterocycles. The number of rotatable bonds is 4. The predicted octanol–water partition coefficient (Wildman–Crippen LogP) is 1.14. The molecular weight excluding hydrogens is 354 g/mol. The first kappa shape index (κ1) is 18.7. The number of amides is 4. The van der Waals surface area contributed by atoms with Crippen molar-refractivity contribution in [1.82, 2.24) is 15.8 Å². The van der Waals surface area contributed by atoms with E-state index in [1.54, 1.807) is 13.0 Å². The number of phenolic OH excluding ortho intramolecular Hbond substituents is 1. The van der Waals surface area contributed by atoms with Crippen molar-refractivity contribution >= 4 is 23.8 Å². The first-order valence-corrected chi connectivity index (χ1v) is 8.75. The number of hydrogen-bond donors (Lipinski definition) is 3. The number of aromatic hydroxyl groups is 1. The van der Waals surface area contributed by atoms with Gasteiger partial charge in [0, 0.05) is 0 Å². The van der Waals surface area contributed by atoms with Crippen LogP contribution in [0.15, 0.2) is 18.2 Å². The largest absolute Gasteiger partial charge is 0.507 e. The van der Waals surface area contributed by atoms with E-state index in [1.807, 2.05) is 0 Å². The first-order valence-electron chi connectivity index (χ1n) is 8.75. The molecule has 9 nitrogen and oxygen atoms in total. The zero-order valence-electron chi connectivity index (χ0n) is 14.9. The molecule has 0 bridgehead atoms. The Balaban J connectivity index is 1.57. The summed E-state index contributed by atoms with van der Waals surface area (Å²) in [6.45, 7) is 1.05. The summed E-state index contributed by atoms with van der Waals surface area (Å²) < 4.78 is 4.85. The van der Waals surface area contributed by atoms with Crippen molar-refractivity contribution in [2.75, 3.05) is 6.61 Å². The summed E-state index contributed by atoms with van der Waals surface area (Å²) in [5.74, 6) is -2.47. The van der Waals surface area contributed by atoms with Crippen LogP contribution in [0, 0.1) is 6.92 Å². The van der Waals surface area contributed by atoms with E-state index in [2.05, 4.69) is 10.7 Å². The molecule has 0 aromatic heterocycles. The molecule has 1 spiro atoms. The van der Waals surface area contributed by atoms with Crippen LogP contribution in [0.25, 0.3) is 0 Å². The second kappa shape index (κ2) is 7.26. The summed E-state index contributed by atoms with van der Waals surface area (Å²) in [6.07, 6.45) is 3.72. The van der Waals surface area contributed by atoms with Gasteiger partial charge in [0.05, 0.1) is 0 Å². The van der Waals surface area contributed by atoms with Crippen molar-refractivity contribution in [2.45, 2.75) is 44.6 Å². The van der Waals surface area contributed by atoms with E-state index in [9.17, 15) is 24.3 Å². The maximum absolute atomic E-state index is 12.6. The van der Waals surface area contributed by atoms with E-state index in [4.69, 9.17) is 4.74 Å². The van der Waals surface area contributed by atoms with Gasteiger partial charge in [-0.3, -0.25) is 15.0 Å². The lowest BCUT2D eigenvalue weighted by atomic mass is 9.82. The van der Waals surface area contributed by atoms with E-state index in [-0.39, 0.29) is 11.3 Å². The minimum atomic E-state index is -0.951. The molecule has 0 radical (unpaired) electrons. The van der Waals surface area contributed by atoms with Crippen LogP contribution in [0.5, 0.6) is 5.75 Å². The summed E-state index contributed by atoms with van der Waals surface area (Å²) in [4.78, 5) is 48.6. The monoisotopic (exact) mass is 375 g/mol. The lowest BCUT2D eigenvalue weighted by molar-refractivity contribution is -0.140. The normalized spacial score (nSPS) is 18.3. The van der Waals surface area contributed by atoms with Gasteiger partial charge >= 0.3 is 12.0 Å². The lowest BCUT2D eigenvalue weighted by Crippen LogP contribution is -2.51. The van der Waals surface area contributed by atoms with E-state index >= 15 is 0 Å². The number of hydrazine groups is 1. The number of nitrogens with one attached hydrogen (secondary N) is 2. The van der Waals surface area contributed by atoms with Gasteiger partial charge < -0.3 is 15.2 Å². The lowest BCUT2D eigenvalue weighted by Gasteiger charge is -2.30. The van der Waals surface area contributed by atoms with Gasteiger partial charge in [0.2, 0.25) is 0 Å². The molecule has 9 heteroatoms. The van der Waals surface area contributed by atoms with Gasteiger partial charge in [-0.15, -0.1) is 0 Å². The molecule has 1 aliphatic heterocycles. The number of hydrogen-bond acceptors (Lipinski definition) is 6. The molecular formula is C18H21N3O6. The van der Waals surface area contributed by atoms with Crippen LogP contribution in [-0.4, -0.2) is 46.1 Å². The van der Waals surface area contributed by atoms with Crippen molar-refractivity contribution < 1.29 is 29.0 Å². The van der Waals surface area contributed by atoms with E-state index in [1.165, 1.54) is 12.1 Å². The molecule has 2 fully saturated rings. The number of imide groups is 1. The van der Waals surface area contributed by atoms with E-state index in [0.717, 1.165) is 24.8 Å². The highest BCUT2D eigenvalue weighted by Crippen LogP contribution is 2.32. The molecule has 27 heavy (non-hydrogen) atoms. The minimum absolute atomic E-state index is 0.0791. The highest BCUT2D eigenvalue weighted by atomic mass is 16.5. The van der Waals surface area contributed by atoms with Gasteiger partial charge in [0.1, 0.15) is 16.9 Å². The molecule has 1 aromatic rings. The average molecular weight is 375 g/mol. The van der Waals surface area contributed by atoms with Crippen molar-refractivity contribution in [3.05, 3.63) is 29.3 Å². The molecule has 1 aliphatic carbocycles. The molecule has 1 heterocycles. The van der Waals surface area contributed by atoms with Crippen LogP contribution < -0.4 is 10.7 Å². The van der Waals surface area contributed by atoms with Gasteiger partial charge in [-0.1, -0.05) is 25.3 Å². The third kappa shape index (κ3) is 3.71. The molecule has 1 aromatic carbocycles. The van der Waals surface area contributed by atoms with Crippen molar-refractivity contribution in [2.24, 2.45) is 0 Å². The van der Waals surface area contributed by atoms with Crippen LogP contribution in [0.2, 0.25) is 0 Å². The molecule has 3 N–H and O–H groups in total. The quantitative estimate of drug-likeness (QED) is 0.535. The Morgan fingerprint density at radius 2 is 1.96 bits per heavy atom. The van der Waals surface area contributed by atoms with Crippen molar-refractivity contribution in [3.8, 4) is 5.75 Å². The third-order valence-corrected chi connectivity index (χ3v) is 4.81. The second-order valence-corrected chi connectivity index (χ2v) is 6.85. The van der Waals surface area contributed by atoms with Gasteiger partial charge in [-0.05, 0) is 37.5 Å². The highest BCUT2D eigenvalue weighted by molar-refractivity contribution is 6.08. The van der Waals surface area contributed by atoms with Crippen LogP contribution in [0.3, 0.4) is 0 Å². The number of urea groups is 1. The average Bonchev–Trinajstić information content (AvgIpc) is 2.84. The van der Waals surface area contributed by atoms with Gasteiger partial charge in [0.15, 0.2) is 6.61 Å². The Labute approximate surface area is 155 Å². The number of nitrogens with zero attached hydrogens (tertiary/aromatic N) is 1. The highest BCUT2D eigenvalue weighted by Gasteiger charge is 2.52. The topological polar surface area (TPSA) is 125 Å². The predicted molar refractivity (Wildman–Crippen MR) is 92.5 cm³/mol. The Kier molecular flexibility index (Phi) is 5.02. The van der Waals surface area contributed by atoms with E-state index in [0.29, 0.717) is 17.9 Å². The first-order chi connectivity index (χ1) is 12.8. The fourth-order valence-corrected chi connectivity index (χ4v) is 3.40. The van der Waals surface area contributed by atoms with E-state index < -0.39 is 36.0 Å². The van der Waals surface area contributed by atoms with Crippen molar-refractivity contribution in [3.63, 3.8) is 0 Å². The van der Waals surface area contributed by atoms with Gasteiger partial charge in [0.25, 0.3) is 11.8 Å². The second-order valence-electron chi connectivity index (χ2n) is 6.85. The standard InChI is InChI=1S/C18H21N3O6/c1-11-5-6-12(13(22)9-11)15(24)27-10-14(23)20-21-16(25)18(19-17(21)26)7-3-2-4-8-18/h5-6,9,22H,2-4,7-8,10H2,1H3,(H,19,26)(H,20,23). The molecule has 4 amide bonds. The fourth-order valence-electron chi connectivity index (χ4n) is 3.40. The zero-order valence-corrected chi connectivity index (χ0v) is 14.9. The molecule has 1 saturated carbocycles. The van der Waals surface area contributed by atoms with Crippen LogP contribution in [0.1, 0.15) is 48.0 Å². The zero-order chi connectivity index (χ0) is 19.6. The Bertz CT molecular complexity index is 800. The van der Waals surface area contributed by atoms with Crippen LogP contribution >= 0.6 is 0 Å². The Hall–Kier alpha value is -3.10. The SMILES string of the molecule is Cc1ccc(C(=O)OCC(=O)NN2C(=O)NC3(CCCCC3)C2=O)c(O)c1. The molecule has 0 atom stereocenters. The molecule has 3 rings (SSSR count). The maximum Gasteiger partial charge on any atom is 0.344 e. The third-order valence-electron chi connectivity index (χ3n) is 4.81. The smallest absolute Gasteiger partial charge is 0.344 e. The molecule has 0 unspecified atom stereocenters. The van der Waals surface area contributed by atoms with Crippen LogP contribution in [-0.2, 0) is 14.3 Å². The van der Waals surface area contributed by atoms with Gasteiger partial charge in [-0.2, -0.15) is 5.01 Å². The number of benzene rings is 1. The van der Waals surface area contributed by atoms with Crippen LogP contribution in [0.4, 0.5) is 4.79 Å². The molecule has 144 valence electrons. The summed E-state index contributed by atoms with van der Waals surface area (Å²) in [5.41, 5.74) is 1.90. The minimum Gasteiger partial charge on any atom is -0.507 e. The Morgan fingerprint density at radius 1 is 1.26 bits per heavy atom. The number of esters is 1. The number of phenols is 1. The number of carbonyl (C=O) groups excluding carboxylic acids is 4. The van der Waals surface area contributed by atoms with Crippen molar-refractivity contribution in [1.29, 1.82) is 0 Å². The Morgan fingerprint density at radius 3 is 2.63 bits per heavy atom. The van der Waals surface area contributed by atoms with Gasteiger partial charge in [-0.25, -0.2) is 9.59 Å². The number of ether oxygens (including phenoxy) is 1. The number of aryl methyl sites for hydroxylation is 1. The fraction of sp³-hybridized carbons (Fsp3) is 0.444. The summed E-state index contributed by atoms with van der Waals surface area (Å²) >= 11 is 0. The summed E-state index contributed by atoms with van der Waals surface area (Å²) in [5, 5.41) is 13.1. The summed E-state index contributed by atoms with van der Waals surface area (Å²) in [7, 11) is 0.